The van der Waals surface area contributed by atoms with Crippen molar-refractivity contribution in [3.63, 3.8) is 0 Å². The number of ether oxygens (including phenoxy) is 4. The Morgan fingerprint density at radius 1 is 0.341 bits per heavy atom. The molecule has 0 aliphatic carbocycles. The largest absolute Gasteiger partial charge is 0.472 e. The quantitative estimate of drug-likeness (QED) is 0.0222. The summed E-state index contributed by atoms with van der Waals surface area (Å²) in [5.74, 6) is -0.0601. The summed E-state index contributed by atoms with van der Waals surface area (Å²) in [6, 6.07) is 0. The fraction of sp³-hybridized carbons (Fsp3) is 0.939. The second-order valence-electron chi connectivity index (χ2n) is 25.1. The SMILES string of the molecule is CCCCCCCCCCCCCCCCCCCC(=O)O[C@H](COC(=O)CCCCCCCCC(C)CC)COP(=O)(O)OC[C@@H](O)COP(=O)(O)OC[C@@H](COC(=O)CCCCCCCCC(C)C)OC(=O)CCCCCCCCC(C)C. The number of aliphatic hydroxyl groups excluding tert-OH is 1. The van der Waals surface area contributed by atoms with E-state index in [1.807, 2.05) is 0 Å². The Kier molecular flexibility index (Phi) is 55.9. The average Bonchev–Trinajstić information content (AvgIpc) is 3.54. The first-order chi connectivity index (χ1) is 40.8. The van der Waals surface area contributed by atoms with Crippen molar-refractivity contribution >= 4 is 39.5 Å². The van der Waals surface area contributed by atoms with E-state index in [9.17, 15) is 43.2 Å². The van der Waals surface area contributed by atoms with Crippen LogP contribution in [0.15, 0.2) is 0 Å². The molecule has 19 heteroatoms. The highest BCUT2D eigenvalue weighted by Crippen LogP contribution is 2.45. The van der Waals surface area contributed by atoms with Gasteiger partial charge in [0, 0.05) is 25.7 Å². The van der Waals surface area contributed by atoms with Crippen molar-refractivity contribution in [2.45, 2.75) is 343 Å². The van der Waals surface area contributed by atoms with Gasteiger partial charge in [-0.1, -0.05) is 273 Å². The lowest BCUT2D eigenvalue weighted by atomic mass is 10.00. The minimum atomic E-state index is -4.95. The number of unbranched alkanes of at least 4 members (excludes halogenated alkanes) is 31. The van der Waals surface area contributed by atoms with Gasteiger partial charge in [-0.15, -0.1) is 0 Å². The lowest BCUT2D eigenvalue weighted by Gasteiger charge is -2.21. The van der Waals surface area contributed by atoms with Gasteiger partial charge < -0.3 is 33.8 Å². The molecule has 0 rings (SSSR count). The second kappa shape index (κ2) is 57.2. The van der Waals surface area contributed by atoms with Crippen LogP contribution < -0.4 is 0 Å². The van der Waals surface area contributed by atoms with Crippen molar-refractivity contribution in [2.75, 3.05) is 39.6 Å². The molecule has 0 aromatic carbocycles. The van der Waals surface area contributed by atoms with Crippen LogP contribution in [-0.2, 0) is 65.4 Å². The Labute approximate surface area is 517 Å². The van der Waals surface area contributed by atoms with E-state index in [4.69, 9.17) is 37.0 Å². The number of phosphoric ester groups is 2. The van der Waals surface area contributed by atoms with Crippen LogP contribution in [0.5, 0.6) is 0 Å². The number of aliphatic hydroxyl groups is 1. The number of esters is 4. The first-order valence-corrected chi connectivity index (χ1v) is 37.4. The summed E-state index contributed by atoms with van der Waals surface area (Å²) in [5.41, 5.74) is 0. The van der Waals surface area contributed by atoms with E-state index >= 15 is 0 Å². The molecular formula is C66H128O17P2. The zero-order valence-corrected chi connectivity index (χ0v) is 56.9. The standard InChI is InChI=1S/C66H128O17P2/c1-8-10-11-12-13-14-15-16-17-18-19-20-21-22-23-35-42-49-65(70)82-61(53-77-64(69)48-41-34-29-26-32-39-46-59(7)9-2)55-80-84(72,73)78-51-60(67)52-79-85(74,75)81-56-62(83-66(71)50-43-36-28-25-31-38-45-58(5)6)54-76-63(68)47-40-33-27-24-30-37-44-57(3)4/h57-62,67H,8-56H2,1-7H3,(H,72,73)(H,74,75)/t59?,60-,61-,62-/m1/s1. The fourth-order valence-electron chi connectivity index (χ4n) is 9.80. The van der Waals surface area contributed by atoms with Crippen molar-refractivity contribution in [3.05, 3.63) is 0 Å². The molecule has 0 radical (unpaired) electrons. The monoisotopic (exact) mass is 1250 g/mol. The maximum atomic E-state index is 13.0. The highest BCUT2D eigenvalue weighted by Gasteiger charge is 2.30. The Morgan fingerprint density at radius 2 is 0.600 bits per heavy atom. The average molecular weight is 1260 g/mol. The summed E-state index contributed by atoms with van der Waals surface area (Å²) < 4.78 is 68.0. The third-order valence-electron chi connectivity index (χ3n) is 15.5. The van der Waals surface area contributed by atoms with Crippen molar-refractivity contribution in [1.29, 1.82) is 0 Å². The molecule has 0 spiro atoms. The molecule has 0 fully saturated rings. The van der Waals surface area contributed by atoms with E-state index < -0.39 is 97.5 Å². The van der Waals surface area contributed by atoms with Crippen LogP contribution in [0.25, 0.3) is 0 Å². The molecule has 0 saturated heterocycles. The number of carbonyl (C=O) groups is 4. The third kappa shape index (κ3) is 59.5. The number of carbonyl (C=O) groups excluding carboxylic acids is 4. The van der Waals surface area contributed by atoms with Gasteiger partial charge >= 0.3 is 39.5 Å². The van der Waals surface area contributed by atoms with Gasteiger partial charge in [-0.05, 0) is 43.4 Å². The summed E-state index contributed by atoms with van der Waals surface area (Å²) in [5, 5.41) is 10.5. The van der Waals surface area contributed by atoms with Crippen LogP contribution in [0.2, 0.25) is 0 Å². The summed E-state index contributed by atoms with van der Waals surface area (Å²) >= 11 is 0. The minimum absolute atomic E-state index is 0.101. The fourth-order valence-corrected chi connectivity index (χ4v) is 11.4. The molecule has 504 valence electrons. The molecule has 3 N–H and O–H groups in total. The van der Waals surface area contributed by atoms with Gasteiger partial charge in [0.25, 0.3) is 0 Å². The summed E-state index contributed by atoms with van der Waals surface area (Å²) in [6.45, 7) is 11.6. The molecule has 0 saturated carbocycles. The van der Waals surface area contributed by atoms with Crippen molar-refractivity contribution in [2.24, 2.45) is 17.8 Å². The maximum Gasteiger partial charge on any atom is 0.472 e. The van der Waals surface area contributed by atoms with Crippen molar-refractivity contribution < 1.29 is 80.2 Å². The smallest absolute Gasteiger partial charge is 0.462 e. The maximum absolute atomic E-state index is 13.0. The predicted molar refractivity (Wildman–Crippen MR) is 340 cm³/mol. The van der Waals surface area contributed by atoms with E-state index in [1.54, 1.807) is 0 Å². The lowest BCUT2D eigenvalue weighted by Crippen LogP contribution is -2.30. The zero-order valence-electron chi connectivity index (χ0n) is 55.1. The van der Waals surface area contributed by atoms with E-state index in [-0.39, 0.29) is 25.7 Å². The molecule has 0 aromatic heterocycles. The molecule has 0 aromatic rings. The van der Waals surface area contributed by atoms with Gasteiger partial charge in [-0.25, -0.2) is 9.13 Å². The van der Waals surface area contributed by atoms with E-state index in [1.165, 1.54) is 122 Å². The number of rotatable bonds is 64. The normalized spacial score (nSPS) is 14.6. The molecule has 0 amide bonds. The number of phosphoric acid groups is 2. The molecule has 0 aliphatic heterocycles. The topological polar surface area (TPSA) is 237 Å². The van der Waals surface area contributed by atoms with Gasteiger partial charge in [0.15, 0.2) is 12.2 Å². The Hall–Kier alpha value is -1.94. The highest BCUT2D eigenvalue weighted by molar-refractivity contribution is 7.47. The van der Waals surface area contributed by atoms with Crippen LogP contribution in [-0.4, -0.2) is 96.7 Å². The Morgan fingerprint density at radius 3 is 0.894 bits per heavy atom. The lowest BCUT2D eigenvalue weighted by molar-refractivity contribution is -0.161. The number of hydrogen-bond donors (Lipinski definition) is 3. The molecule has 0 aliphatic rings. The zero-order chi connectivity index (χ0) is 63.1. The number of hydrogen-bond acceptors (Lipinski definition) is 15. The van der Waals surface area contributed by atoms with Gasteiger partial charge in [-0.2, -0.15) is 0 Å². The Balaban J connectivity index is 5.20. The van der Waals surface area contributed by atoms with Gasteiger partial charge in [-0.3, -0.25) is 37.3 Å². The van der Waals surface area contributed by atoms with Crippen LogP contribution >= 0.6 is 15.6 Å². The van der Waals surface area contributed by atoms with Crippen molar-refractivity contribution in [3.8, 4) is 0 Å². The van der Waals surface area contributed by atoms with Gasteiger partial charge in [0.05, 0.1) is 26.4 Å². The molecular weight excluding hydrogens is 1130 g/mol. The minimum Gasteiger partial charge on any atom is -0.462 e. The summed E-state index contributed by atoms with van der Waals surface area (Å²) in [6.07, 6.45) is 39.4. The van der Waals surface area contributed by atoms with Crippen LogP contribution in [0.4, 0.5) is 0 Å². The van der Waals surface area contributed by atoms with Crippen LogP contribution in [0.3, 0.4) is 0 Å². The van der Waals surface area contributed by atoms with Crippen LogP contribution in [0.1, 0.15) is 325 Å². The molecule has 85 heavy (non-hydrogen) atoms. The van der Waals surface area contributed by atoms with Gasteiger partial charge in [0.1, 0.15) is 19.3 Å². The first-order valence-electron chi connectivity index (χ1n) is 34.4. The molecule has 17 nitrogen and oxygen atoms in total. The van der Waals surface area contributed by atoms with E-state index in [0.717, 1.165) is 109 Å². The Bertz CT molecular complexity index is 1680. The highest BCUT2D eigenvalue weighted by atomic mass is 31.2. The predicted octanol–water partition coefficient (Wildman–Crippen LogP) is 18.3. The summed E-state index contributed by atoms with van der Waals surface area (Å²) in [7, 11) is -9.89. The third-order valence-corrected chi connectivity index (χ3v) is 17.4. The first kappa shape index (κ1) is 83.1. The summed E-state index contributed by atoms with van der Waals surface area (Å²) in [4.78, 5) is 72.2. The van der Waals surface area contributed by atoms with Crippen molar-refractivity contribution in [1.82, 2.24) is 0 Å². The van der Waals surface area contributed by atoms with E-state index in [2.05, 4.69) is 48.5 Å². The molecule has 6 atom stereocenters. The molecule has 0 heterocycles. The molecule has 0 bridgehead atoms. The molecule has 3 unspecified atom stereocenters. The van der Waals surface area contributed by atoms with E-state index in [0.29, 0.717) is 37.5 Å². The second-order valence-corrected chi connectivity index (χ2v) is 28.0. The van der Waals surface area contributed by atoms with Gasteiger partial charge in [0.2, 0.25) is 0 Å². The van der Waals surface area contributed by atoms with Crippen LogP contribution in [0, 0.1) is 17.8 Å².